The molecular formula is C19H24N2O. The molecule has 2 aromatic rings. The molecule has 0 aliphatic carbocycles. The average Bonchev–Trinajstić information content (AvgIpc) is 2.48. The Morgan fingerprint density at radius 2 is 1.82 bits per heavy atom. The van der Waals surface area contributed by atoms with Gasteiger partial charge in [-0.15, -0.1) is 0 Å². The fraction of sp³-hybridized carbons (Fsp3) is 0.316. The highest BCUT2D eigenvalue weighted by Gasteiger charge is 2.10. The normalized spacial score (nSPS) is 11.8. The molecule has 1 amide bonds. The number of nitrogens with one attached hydrogen (secondary N) is 2. The number of amides is 1. The van der Waals surface area contributed by atoms with Gasteiger partial charge in [0.15, 0.2) is 0 Å². The second-order valence-electron chi connectivity index (χ2n) is 5.86. The molecular weight excluding hydrogens is 272 g/mol. The van der Waals surface area contributed by atoms with E-state index in [9.17, 15) is 4.79 Å². The standard InChI is InChI=1S/C19H24N2O/c1-13-6-5-7-18(10-13)20-12-19(22)21-16(4)17-9-8-14(2)15(3)11-17/h5-11,16,20H,12H2,1-4H3,(H,21,22). The van der Waals surface area contributed by atoms with E-state index in [0.29, 0.717) is 0 Å². The predicted octanol–water partition coefficient (Wildman–Crippen LogP) is 3.90. The Balaban J connectivity index is 1.89. The van der Waals surface area contributed by atoms with Crippen LogP contribution >= 0.6 is 0 Å². The smallest absolute Gasteiger partial charge is 0.239 e. The Morgan fingerprint density at radius 1 is 1.05 bits per heavy atom. The number of anilines is 1. The number of carbonyl (C=O) groups is 1. The fourth-order valence-corrected chi connectivity index (χ4v) is 2.35. The largest absolute Gasteiger partial charge is 0.376 e. The molecule has 116 valence electrons. The van der Waals surface area contributed by atoms with E-state index in [2.05, 4.69) is 42.7 Å². The van der Waals surface area contributed by atoms with Crippen LogP contribution in [0.1, 0.15) is 35.2 Å². The van der Waals surface area contributed by atoms with Crippen LogP contribution in [0.25, 0.3) is 0 Å². The van der Waals surface area contributed by atoms with E-state index in [-0.39, 0.29) is 18.5 Å². The Bertz CT molecular complexity index is 664. The maximum atomic E-state index is 12.1. The molecule has 0 aromatic heterocycles. The van der Waals surface area contributed by atoms with Crippen LogP contribution in [-0.2, 0) is 4.79 Å². The van der Waals surface area contributed by atoms with E-state index in [0.717, 1.165) is 11.3 Å². The molecule has 0 spiro atoms. The molecule has 3 nitrogen and oxygen atoms in total. The van der Waals surface area contributed by atoms with Crippen molar-refractivity contribution < 1.29 is 4.79 Å². The van der Waals surface area contributed by atoms with Gasteiger partial charge in [0.2, 0.25) is 5.91 Å². The van der Waals surface area contributed by atoms with Crippen LogP contribution in [0, 0.1) is 20.8 Å². The van der Waals surface area contributed by atoms with Crippen molar-refractivity contribution in [3.05, 3.63) is 64.7 Å². The number of carbonyl (C=O) groups excluding carboxylic acids is 1. The van der Waals surface area contributed by atoms with E-state index in [1.807, 2.05) is 38.1 Å². The molecule has 0 saturated carbocycles. The summed E-state index contributed by atoms with van der Waals surface area (Å²) in [6.07, 6.45) is 0. The highest BCUT2D eigenvalue weighted by molar-refractivity contribution is 5.81. The Hall–Kier alpha value is -2.29. The van der Waals surface area contributed by atoms with Crippen molar-refractivity contribution in [2.24, 2.45) is 0 Å². The van der Waals surface area contributed by atoms with Crippen molar-refractivity contribution in [2.45, 2.75) is 33.7 Å². The predicted molar refractivity (Wildman–Crippen MR) is 92.1 cm³/mol. The summed E-state index contributed by atoms with van der Waals surface area (Å²) < 4.78 is 0. The molecule has 0 fully saturated rings. The average molecular weight is 296 g/mol. The molecule has 0 heterocycles. The van der Waals surface area contributed by atoms with Crippen LogP contribution in [0.15, 0.2) is 42.5 Å². The number of hydrogen-bond acceptors (Lipinski definition) is 2. The molecule has 0 saturated heterocycles. The molecule has 1 unspecified atom stereocenters. The molecule has 3 heteroatoms. The molecule has 2 aromatic carbocycles. The zero-order valence-corrected chi connectivity index (χ0v) is 13.7. The summed E-state index contributed by atoms with van der Waals surface area (Å²) in [7, 11) is 0. The van der Waals surface area contributed by atoms with Gasteiger partial charge in [-0.25, -0.2) is 0 Å². The van der Waals surface area contributed by atoms with Crippen LogP contribution in [0.2, 0.25) is 0 Å². The Labute approximate surface area is 132 Å². The Morgan fingerprint density at radius 3 is 2.50 bits per heavy atom. The maximum absolute atomic E-state index is 12.1. The zero-order valence-electron chi connectivity index (χ0n) is 13.7. The molecule has 22 heavy (non-hydrogen) atoms. The summed E-state index contributed by atoms with van der Waals surface area (Å²) in [4.78, 5) is 12.1. The number of aryl methyl sites for hydroxylation is 3. The van der Waals surface area contributed by atoms with Gasteiger partial charge in [-0.05, 0) is 62.1 Å². The number of rotatable bonds is 5. The van der Waals surface area contributed by atoms with E-state index in [1.165, 1.54) is 16.7 Å². The lowest BCUT2D eigenvalue weighted by Gasteiger charge is -2.16. The number of benzene rings is 2. The van der Waals surface area contributed by atoms with E-state index in [1.54, 1.807) is 0 Å². The lowest BCUT2D eigenvalue weighted by molar-refractivity contribution is -0.120. The van der Waals surface area contributed by atoms with Crippen LogP contribution in [0.5, 0.6) is 0 Å². The third-order valence-electron chi connectivity index (χ3n) is 3.88. The lowest BCUT2D eigenvalue weighted by atomic mass is 10.0. The van der Waals surface area contributed by atoms with Crippen LogP contribution < -0.4 is 10.6 Å². The van der Waals surface area contributed by atoms with Crippen molar-refractivity contribution in [3.63, 3.8) is 0 Å². The van der Waals surface area contributed by atoms with Crippen LogP contribution in [0.4, 0.5) is 5.69 Å². The first-order chi connectivity index (χ1) is 10.5. The first kappa shape index (κ1) is 16.1. The van der Waals surface area contributed by atoms with Gasteiger partial charge in [0.1, 0.15) is 0 Å². The minimum atomic E-state index is -0.00719. The van der Waals surface area contributed by atoms with Gasteiger partial charge in [-0.2, -0.15) is 0 Å². The third kappa shape index (κ3) is 4.35. The molecule has 2 N–H and O–H groups in total. The molecule has 0 bridgehead atoms. The van der Waals surface area contributed by atoms with Crippen molar-refractivity contribution >= 4 is 11.6 Å². The topological polar surface area (TPSA) is 41.1 Å². The monoisotopic (exact) mass is 296 g/mol. The maximum Gasteiger partial charge on any atom is 0.239 e. The van der Waals surface area contributed by atoms with E-state index < -0.39 is 0 Å². The zero-order chi connectivity index (χ0) is 16.1. The van der Waals surface area contributed by atoms with Crippen LogP contribution in [0.3, 0.4) is 0 Å². The third-order valence-corrected chi connectivity index (χ3v) is 3.88. The molecule has 0 radical (unpaired) electrons. The van der Waals surface area contributed by atoms with Crippen molar-refractivity contribution in [2.75, 3.05) is 11.9 Å². The summed E-state index contributed by atoms with van der Waals surface area (Å²) in [5, 5.41) is 6.18. The van der Waals surface area contributed by atoms with Gasteiger partial charge in [-0.1, -0.05) is 30.3 Å². The quantitative estimate of drug-likeness (QED) is 0.878. The van der Waals surface area contributed by atoms with Gasteiger partial charge >= 0.3 is 0 Å². The summed E-state index contributed by atoms with van der Waals surface area (Å²) in [6, 6.07) is 14.3. The summed E-state index contributed by atoms with van der Waals surface area (Å²) in [5.74, 6) is -0.00719. The highest BCUT2D eigenvalue weighted by Crippen LogP contribution is 2.16. The van der Waals surface area contributed by atoms with Gasteiger partial charge in [-0.3, -0.25) is 4.79 Å². The van der Waals surface area contributed by atoms with Crippen molar-refractivity contribution in [1.82, 2.24) is 5.32 Å². The highest BCUT2D eigenvalue weighted by atomic mass is 16.1. The van der Waals surface area contributed by atoms with Gasteiger partial charge in [0.05, 0.1) is 12.6 Å². The first-order valence-electron chi connectivity index (χ1n) is 7.63. The summed E-state index contributed by atoms with van der Waals surface area (Å²) >= 11 is 0. The second kappa shape index (κ2) is 7.12. The van der Waals surface area contributed by atoms with Gasteiger partial charge in [0.25, 0.3) is 0 Å². The first-order valence-corrected chi connectivity index (χ1v) is 7.63. The SMILES string of the molecule is Cc1cccc(NCC(=O)NC(C)c2ccc(C)c(C)c2)c1. The minimum Gasteiger partial charge on any atom is -0.376 e. The van der Waals surface area contributed by atoms with Gasteiger partial charge < -0.3 is 10.6 Å². The summed E-state index contributed by atoms with van der Waals surface area (Å²) in [5.41, 5.74) is 5.79. The number of hydrogen-bond donors (Lipinski definition) is 2. The van der Waals surface area contributed by atoms with Crippen molar-refractivity contribution in [3.8, 4) is 0 Å². The van der Waals surface area contributed by atoms with E-state index >= 15 is 0 Å². The lowest BCUT2D eigenvalue weighted by Crippen LogP contribution is -2.32. The van der Waals surface area contributed by atoms with Crippen LogP contribution in [-0.4, -0.2) is 12.5 Å². The second-order valence-corrected chi connectivity index (χ2v) is 5.86. The van der Waals surface area contributed by atoms with Gasteiger partial charge in [0, 0.05) is 5.69 Å². The molecule has 0 aliphatic heterocycles. The van der Waals surface area contributed by atoms with Crippen molar-refractivity contribution in [1.29, 1.82) is 0 Å². The Kier molecular flexibility index (Phi) is 5.21. The molecule has 0 aliphatic rings. The molecule has 2 rings (SSSR count). The fourth-order valence-electron chi connectivity index (χ4n) is 2.35. The molecule has 1 atom stereocenters. The minimum absolute atomic E-state index is 0.00566. The summed E-state index contributed by atoms with van der Waals surface area (Å²) in [6.45, 7) is 8.50. The van der Waals surface area contributed by atoms with E-state index in [4.69, 9.17) is 0 Å².